The summed E-state index contributed by atoms with van der Waals surface area (Å²) in [5.74, 6) is 2.03. The van der Waals surface area contributed by atoms with Crippen molar-refractivity contribution >= 4 is 14.1 Å². The van der Waals surface area contributed by atoms with Crippen LogP contribution in [0.25, 0.3) is 0 Å². The maximum atomic E-state index is 12.7. The first-order valence-electron chi connectivity index (χ1n) is 9.35. The van der Waals surface area contributed by atoms with E-state index in [0.29, 0.717) is 11.3 Å². The molecule has 5 heteroatoms. The van der Waals surface area contributed by atoms with Gasteiger partial charge in [-0.2, -0.15) is 0 Å². The van der Waals surface area contributed by atoms with Gasteiger partial charge in [0.15, 0.2) is 5.78 Å². The zero-order valence-corrected chi connectivity index (χ0v) is 18.8. The van der Waals surface area contributed by atoms with Crippen LogP contribution in [-0.2, 0) is 9.22 Å². The SMILES string of the molecule is COc1ccc(C(/C(C(C)=O)=C(\C)O[Si](C)(C)C)c2ccc(OC)cc2)cc1. The molecule has 150 valence electrons. The third-order valence-corrected chi connectivity index (χ3v) is 5.32. The lowest BCUT2D eigenvalue weighted by Crippen LogP contribution is -2.26. The van der Waals surface area contributed by atoms with Crippen LogP contribution in [0.1, 0.15) is 30.9 Å². The van der Waals surface area contributed by atoms with Crippen LogP contribution < -0.4 is 9.47 Å². The van der Waals surface area contributed by atoms with Crippen LogP contribution in [0, 0.1) is 0 Å². The molecule has 0 aliphatic rings. The first-order valence-corrected chi connectivity index (χ1v) is 12.8. The number of benzene rings is 2. The van der Waals surface area contributed by atoms with Crippen LogP contribution in [0.5, 0.6) is 11.5 Å². The maximum Gasteiger partial charge on any atom is 0.241 e. The largest absolute Gasteiger partial charge is 0.547 e. The Balaban J connectivity index is 2.65. The van der Waals surface area contributed by atoms with E-state index in [-0.39, 0.29) is 11.7 Å². The number of hydrogen-bond donors (Lipinski definition) is 0. The van der Waals surface area contributed by atoms with Crippen molar-refractivity contribution in [3.8, 4) is 11.5 Å². The average Bonchev–Trinajstić information content (AvgIpc) is 2.64. The van der Waals surface area contributed by atoms with Gasteiger partial charge in [0.1, 0.15) is 11.5 Å². The van der Waals surface area contributed by atoms with E-state index in [4.69, 9.17) is 13.9 Å². The van der Waals surface area contributed by atoms with Gasteiger partial charge < -0.3 is 13.9 Å². The Labute approximate surface area is 169 Å². The van der Waals surface area contributed by atoms with Crippen LogP contribution >= 0.6 is 0 Å². The zero-order valence-electron chi connectivity index (χ0n) is 17.8. The van der Waals surface area contributed by atoms with E-state index in [1.807, 2.05) is 55.5 Å². The number of Topliss-reactive ketones (excluding diaryl/α,β-unsaturated/α-hetero) is 1. The van der Waals surface area contributed by atoms with Gasteiger partial charge in [0.2, 0.25) is 8.32 Å². The molecule has 0 heterocycles. The van der Waals surface area contributed by atoms with Gasteiger partial charge in [0.05, 0.1) is 20.0 Å². The molecule has 0 saturated carbocycles. The van der Waals surface area contributed by atoms with Gasteiger partial charge >= 0.3 is 0 Å². The van der Waals surface area contributed by atoms with Crippen LogP contribution in [0.15, 0.2) is 59.9 Å². The van der Waals surface area contributed by atoms with Gasteiger partial charge in [-0.3, -0.25) is 4.79 Å². The second kappa shape index (κ2) is 9.11. The Hall–Kier alpha value is -2.53. The molecule has 0 spiro atoms. The van der Waals surface area contributed by atoms with Crippen LogP contribution in [0.3, 0.4) is 0 Å². The molecule has 0 atom stereocenters. The minimum Gasteiger partial charge on any atom is -0.547 e. The lowest BCUT2D eigenvalue weighted by molar-refractivity contribution is -0.114. The van der Waals surface area contributed by atoms with Crippen molar-refractivity contribution < 1.29 is 18.7 Å². The second-order valence-electron chi connectivity index (χ2n) is 7.72. The Morgan fingerprint density at radius 2 is 1.18 bits per heavy atom. The summed E-state index contributed by atoms with van der Waals surface area (Å²) >= 11 is 0. The first-order chi connectivity index (χ1) is 13.2. The highest BCUT2D eigenvalue weighted by atomic mass is 28.4. The second-order valence-corrected chi connectivity index (χ2v) is 12.1. The molecule has 0 unspecified atom stereocenters. The number of ketones is 1. The Bertz CT molecular complexity index is 783. The van der Waals surface area contributed by atoms with E-state index in [1.165, 1.54) is 0 Å². The van der Waals surface area contributed by atoms with Crippen LogP contribution in [-0.4, -0.2) is 28.3 Å². The fourth-order valence-corrected chi connectivity index (χ4v) is 4.32. The van der Waals surface area contributed by atoms with Gasteiger partial charge in [-0.05, 0) is 68.9 Å². The van der Waals surface area contributed by atoms with Gasteiger partial charge in [0.25, 0.3) is 0 Å². The summed E-state index contributed by atoms with van der Waals surface area (Å²) in [5, 5.41) is 0. The van der Waals surface area contributed by atoms with Crippen molar-refractivity contribution in [3.05, 3.63) is 71.0 Å². The monoisotopic (exact) mass is 398 g/mol. The van der Waals surface area contributed by atoms with Crippen LogP contribution in [0.4, 0.5) is 0 Å². The first kappa shape index (κ1) is 21.8. The molecular weight excluding hydrogens is 368 g/mol. The fraction of sp³-hybridized carbons (Fsp3) is 0.348. The van der Waals surface area contributed by atoms with E-state index in [9.17, 15) is 4.79 Å². The van der Waals surface area contributed by atoms with Crippen molar-refractivity contribution in [2.75, 3.05) is 14.2 Å². The number of carbonyl (C=O) groups is 1. The fourth-order valence-electron chi connectivity index (χ4n) is 3.29. The molecule has 0 aliphatic carbocycles. The highest BCUT2D eigenvalue weighted by molar-refractivity contribution is 6.70. The smallest absolute Gasteiger partial charge is 0.241 e. The molecule has 0 bridgehead atoms. The third-order valence-electron chi connectivity index (χ3n) is 4.40. The number of ether oxygens (including phenoxy) is 2. The summed E-state index contributed by atoms with van der Waals surface area (Å²) in [6.45, 7) is 9.85. The minimum atomic E-state index is -1.86. The standard InChI is InChI=1S/C23H30O4Si/c1-16(24)22(17(2)27-28(5,6)7)23(18-8-12-20(25-3)13-9-18)19-10-14-21(26-4)15-11-19/h8-15,23H,1-7H3/b22-17+. The molecule has 28 heavy (non-hydrogen) atoms. The molecule has 0 saturated heterocycles. The van der Waals surface area contributed by atoms with Crippen molar-refractivity contribution in [1.82, 2.24) is 0 Å². The van der Waals surface area contributed by atoms with Crippen molar-refractivity contribution in [1.29, 1.82) is 0 Å². The maximum absolute atomic E-state index is 12.7. The van der Waals surface area contributed by atoms with E-state index in [1.54, 1.807) is 21.1 Å². The summed E-state index contributed by atoms with van der Waals surface area (Å²) in [6.07, 6.45) is 0. The predicted octanol–water partition coefficient (Wildman–Crippen LogP) is 5.55. The third kappa shape index (κ3) is 5.49. The number of hydrogen-bond acceptors (Lipinski definition) is 4. The molecule has 2 rings (SSSR count). The van der Waals surface area contributed by atoms with Crippen LogP contribution in [0.2, 0.25) is 19.6 Å². The van der Waals surface area contributed by atoms with E-state index in [0.717, 1.165) is 22.6 Å². The summed E-state index contributed by atoms with van der Waals surface area (Å²) in [5.41, 5.74) is 2.70. The minimum absolute atomic E-state index is 0.00684. The Kier molecular flexibility index (Phi) is 7.08. The number of methoxy groups -OCH3 is 2. The van der Waals surface area contributed by atoms with Gasteiger partial charge in [-0.15, -0.1) is 0 Å². The zero-order chi connectivity index (χ0) is 20.9. The Morgan fingerprint density at radius 3 is 1.46 bits per heavy atom. The van der Waals surface area contributed by atoms with Gasteiger partial charge in [-0.25, -0.2) is 0 Å². The Morgan fingerprint density at radius 1 is 0.786 bits per heavy atom. The summed E-state index contributed by atoms with van der Waals surface area (Å²) in [7, 11) is 1.43. The molecular formula is C23H30O4Si. The number of carbonyl (C=O) groups excluding carboxylic acids is 1. The van der Waals surface area contributed by atoms with E-state index in [2.05, 4.69) is 19.6 Å². The lowest BCUT2D eigenvalue weighted by atomic mass is 9.82. The molecule has 2 aromatic carbocycles. The molecule has 0 fully saturated rings. The quantitative estimate of drug-likeness (QED) is 0.332. The molecule has 0 amide bonds. The average molecular weight is 399 g/mol. The highest BCUT2D eigenvalue weighted by Crippen LogP contribution is 2.36. The van der Waals surface area contributed by atoms with E-state index >= 15 is 0 Å². The topological polar surface area (TPSA) is 44.8 Å². The van der Waals surface area contributed by atoms with Gasteiger partial charge in [-0.1, -0.05) is 24.3 Å². The normalized spacial score (nSPS) is 12.4. The summed E-state index contributed by atoms with van der Waals surface area (Å²) in [4.78, 5) is 12.7. The molecule has 4 nitrogen and oxygen atoms in total. The van der Waals surface area contributed by atoms with Crippen molar-refractivity contribution in [2.24, 2.45) is 0 Å². The van der Waals surface area contributed by atoms with Crippen molar-refractivity contribution in [2.45, 2.75) is 39.4 Å². The molecule has 0 aromatic heterocycles. The number of allylic oxidation sites excluding steroid dienone is 2. The number of rotatable bonds is 8. The van der Waals surface area contributed by atoms with Gasteiger partial charge in [0, 0.05) is 11.5 Å². The molecule has 0 radical (unpaired) electrons. The lowest BCUT2D eigenvalue weighted by Gasteiger charge is -2.26. The van der Waals surface area contributed by atoms with E-state index < -0.39 is 8.32 Å². The molecule has 0 N–H and O–H groups in total. The van der Waals surface area contributed by atoms with Crippen molar-refractivity contribution in [3.63, 3.8) is 0 Å². The highest BCUT2D eigenvalue weighted by Gasteiger charge is 2.27. The molecule has 0 aliphatic heterocycles. The molecule has 2 aromatic rings. The summed E-state index contributed by atoms with van der Waals surface area (Å²) < 4.78 is 16.8. The predicted molar refractivity (Wildman–Crippen MR) is 116 cm³/mol. The summed E-state index contributed by atoms with van der Waals surface area (Å²) in [6, 6.07) is 15.7.